The standard InChI is InChI=1S/C18H21ClN2OS/c1-21(13-15-7-9-16(19)10-8-15)14-18(22)20-11-12-23-17-5-3-2-4-6-17/h2-10H,11-14H2,1H3,(H,20,22). The summed E-state index contributed by atoms with van der Waals surface area (Å²) in [5, 5.41) is 3.68. The van der Waals surface area contributed by atoms with Crippen LogP contribution in [0.4, 0.5) is 0 Å². The van der Waals surface area contributed by atoms with Gasteiger partial charge < -0.3 is 5.32 Å². The molecule has 0 fully saturated rings. The van der Waals surface area contributed by atoms with E-state index in [1.54, 1.807) is 11.8 Å². The van der Waals surface area contributed by atoms with Crippen LogP contribution in [0.15, 0.2) is 59.5 Å². The van der Waals surface area contributed by atoms with Gasteiger partial charge in [-0.2, -0.15) is 0 Å². The second kappa shape index (κ2) is 9.60. The number of benzene rings is 2. The number of nitrogens with zero attached hydrogens (tertiary/aromatic N) is 1. The topological polar surface area (TPSA) is 32.3 Å². The molecule has 0 saturated carbocycles. The highest BCUT2D eigenvalue weighted by molar-refractivity contribution is 7.99. The summed E-state index contributed by atoms with van der Waals surface area (Å²) < 4.78 is 0. The highest BCUT2D eigenvalue weighted by Gasteiger charge is 2.06. The number of nitrogens with one attached hydrogen (secondary N) is 1. The summed E-state index contributed by atoms with van der Waals surface area (Å²) >= 11 is 7.61. The molecule has 1 N–H and O–H groups in total. The van der Waals surface area contributed by atoms with Gasteiger partial charge >= 0.3 is 0 Å². The van der Waals surface area contributed by atoms with Crippen LogP contribution in [0, 0.1) is 0 Å². The molecule has 0 heterocycles. The molecule has 0 unspecified atom stereocenters. The Labute approximate surface area is 147 Å². The molecule has 0 aliphatic heterocycles. The Morgan fingerprint density at radius 3 is 2.52 bits per heavy atom. The van der Waals surface area contributed by atoms with Crippen LogP contribution in [0.5, 0.6) is 0 Å². The van der Waals surface area contributed by atoms with Crippen LogP contribution in [-0.4, -0.2) is 36.7 Å². The quantitative estimate of drug-likeness (QED) is 0.583. The first-order valence-electron chi connectivity index (χ1n) is 7.51. The van der Waals surface area contributed by atoms with Crippen molar-refractivity contribution < 1.29 is 4.79 Å². The summed E-state index contributed by atoms with van der Waals surface area (Å²) in [6.07, 6.45) is 0. The van der Waals surface area contributed by atoms with Crippen LogP contribution >= 0.6 is 23.4 Å². The molecule has 2 rings (SSSR count). The Morgan fingerprint density at radius 1 is 1.13 bits per heavy atom. The molecular formula is C18H21ClN2OS. The molecule has 0 radical (unpaired) electrons. The molecule has 122 valence electrons. The molecule has 0 saturated heterocycles. The summed E-state index contributed by atoms with van der Waals surface area (Å²) in [4.78, 5) is 15.1. The second-order valence-corrected chi connectivity index (χ2v) is 6.91. The number of carbonyl (C=O) groups excluding carboxylic acids is 1. The van der Waals surface area contributed by atoms with Crippen molar-refractivity contribution in [2.75, 3.05) is 25.9 Å². The first-order valence-corrected chi connectivity index (χ1v) is 8.87. The maximum atomic E-state index is 11.9. The molecule has 0 aromatic heterocycles. The highest BCUT2D eigenvalue weighted by atomic mass is 35.5. The minimum absolute atomic E-state index is 0.0510. The zero-order valence-electron chi connectivity index (χ0n) is 13.2. The molecule has 23 heavy (non-hydrogen) atoms. The molecule has 1 amide bonds. The fourth-order valence-corrected chi connectivity index (χ4v) is 3.05. The molecule has 0 atom stereocenters. The predicted molar refractivity (Wildman–Crippen MR) is 98.0 cm³/mol. The maximum absolute atomic E-state index is 11.9. The smallest absolute Gasteiger partial charge is 0.234 e. The van der Waals surface area contributed by atoms with Gasteiger partial charge in [0.2, 0.25) is 5.91 Å². The molecule has 0 bridgehead atoms. The van der Waals surface area contributed by atoms with E-state index in [2.05, 4.69) is 17.4 Å². The first kappa shape index (κ1) is 17.9. The van der Waals surface area contributed by atoms with Gasteiger partial charge in [0, 0.05) is 28.8 Å². The average molecular weight is 349 g/mol. The molecule has 0 aliphatic carbocycles. The molecule has 2 aromatic rings. The van der Waals surface area contributed by atoms with Gasteiger partial charge in [-0.15, -0.1) is 11.8 Å². The number of carbonyl (C=O) groups is 1. The lowest BCUT2D eigenvalue weighted by atomic mass is 10.2. The number of hydrogen-bond donors (Lipinski definition) is 1. The highest BCUT2D eigenvalue weighted by Crippen LogP contribution is 2.15. The van der Waals surface area contributed by atoms with Crippen molar-refractivity contribution in [1.29, 1.82) is 0 Å². The number of thioether (sulfide) groups is 1. The number of amides is 1. The summed E-state index contributed by atoms with van der Waals surface area (Å²) in [5.74, 6) is 0.923. The number of halogens is 1. The van der Waals surface area contributed by atoms with E-state index in [9.17, 15) is 4.79 Å². The van der Waals surface area contributed by atoms with Gasteiger partial charge in [-0.3, -0.25) is 9.69 Å². The molecule has 3 nitrogen and oxygen atoms in total. The van der Waals surface area contributed by atoms with E-state index in [4.69, 9.17) is 11.6 Å². The first-order chi connectivity index (χ1) is 11.1. The molecule has 2 aromatic carbocycles. The van der Waals surface area contributed by atoms with Crippen LogP contribution in [0.25, 0.3) is 0 Å². The van der Waals surface area contributed by atoms with E-state index in [0.717, 1.165) is 22.9 Å². The number of hydrogen-bond acceptors (Lipinski definition) is 3. The summed E-state index contributed by atoms with van der Waals surface area (Å²) in [6, 6.07) is 17.9. The van der Waals surface area contributed by atoms with Crippen molar-refractivity contribution in [2.45, 2.75) is 11.4 Å². The normalized spacial score (nSPS) is 10.7. The molecule has 0 spiro atoms. The SMILES string of the molecule is CN(CC(=O)NCCSc1ccccc1)Cc1ccc(Cl)cc1. The van der Waals surface area contributed by atoms with E-state index in [-0.39, 0.29) is 5.91 Å². The Bertz CT molecular complexity index is 604. The van der Waals surface area contributed by atoms with Gasteiger partial charge in [-0.05, 0) is 36.9 Å². The van der Waals surface area contributed by atoms with Gasteiger partial charge in [-0.1, -0.05) is 41.9 Å². The minimum Gasteiger partial charge on any atom is -0.354 e. The molecular weight excluding hydrogens is 328 g/mol. The number of likely N-dealkylation sites (N-methyl/N-ethyl adjacent to an activating group) is 1. The van der Waals surface area contributed by atoms with Crippen molar-refractivity contribution in [3.05, 3.63) is 65.2 Å². The average Bonchev–Trinajstić information content (AvgIpc) is 2.55. The van der Waals surface area contributed by atoms with Crippen molar-refractivity contribution in [3.8, 4) is 0 Å². The van der Waals surface area contributed by atoms with Crippen molar-refractivity contribution >= 4 is 29.3 Å². The lowest BCUT2D eigenvalue weighted by Gasteiger charge is -2.16. The Hall–Kier alpha value is -1.49. The monoisotopic (exact) mass is 348 g/mol. The van der Waals surface area contributed by atoms with E-state index in [1.807, 2.05) is 54.4 Å². The third kappa shape index (κ3) is 7.08. The zero-order valence-corrected chi connectivity index (χ0v) is 14.7. The van der Waals surface area contributed by atoms with Crippen LogP contribution in [0.1, 0.15) is 5.56 Å². The van der Waals surface area contributed by atoms with Crippen LogP contribution < -0.4 is 5.32 Å². The van der Waals surface area contributed by atoms with Crippen LogP contribution in [0.2, 0.25) is 5.02 Å². The van der Waals surface area contributed by atoms with Crippen molar-refractivity contribution in [3.63, 3.8) is 0 Å². The predicted octanol–water partition coefficient (Wildman–Crippen LogP) is 3.68. The largest absolute Gasteiger partial charge is 0.354 e. The summed E-state index contributed by atoms with van der Waals surface area (Å²) in [6.45, 7) is 1.79. The third-order valence-electron chi connectivity index (χ3n) is 3.22. The maximum Gasteiger partial charge on any atom is 0.234 e. The van der Waals surface area contributed by atoms with Crippen LogP contribution in [0.3, 0.4) is 0 Å². The lowest BCUT2D eigenvalue weighted by Crippen LogP contribution is -2.35. The molecule has 0 aliphatic rings. The van der Waals surface area contributed by atoms with Crippen molar-refractivity contribution in [2.24, 2.45) is 0 Å². The fourth-order valence-electron chi connectivity index (χ4n) is 2.13. The summed E-state index contributed by atoms with van der Waals surface area (Å²) in [5.41, 5.74) is 1.14. The van der Waals surface area contributed by atoms with Gasteiger partial charge in [0.1, 0.15) is 0 Å². The van der Waals surface area contributed by atoms with E-state index < -0.39 is 0 Å². The summed E-state index contributed by atoms with van der Waals surface area (Å²) in [7, 11) is 1.94. The third-order valence-corrected chi connectivity index (χ3v) is 4.48. The molecule has 5 heteroatoms. The fraction of sp³-hybridized carbons (Fsp3) is 0.278. The van der Waals surface area contributed by atoms with E-state index in [0.29, 0.717) is 13.1 Å². The minimum atomic E-state index is 0.0510. The Balaban J connectivity index is 1.63. The van der Waals surface area contributed by atoms with E-state index >= 15 is 0 Å². The van der Waals surface area contributed by atoms with Crippen LogP contribution in [-0.2, 0) is 11.3 Å². The van der Waals surface area contributed by atoms with Gasteiger partial charge in [0.05, 0.1) is 6.54 Å². The van der Waals surface area contributed by atoms with Gasteiger partial charge in [0.25, 0.3) is 0 Å². The van der Waals surface area contributed by atoms with E-state index in [1.165, 1.54) is 4.90 Å². The Morgan fingerprint density at radius 2 is 1.83 bits per heavy atom. The number of rotatable bonds is 8. The van der Waals surface area contributed by atoms with Crippen molar-refractivity contribution in [1.82, 2.24) is 10.2 Å². The van der Waals surface area contributed by atoms with Gasteiger partial charge in [0.15, 0.2) is 0 Å². The lowest BCUT2D eigenvalue weighted by molar-refractivity contribution is -0.121. The second-order valence-electron chi connectivity index (χ2n) is 5.31. The Kier molecular flexibility index (Phi) is 7.46. The zero-order chi connectivity index (χ0) is 16.5. The van der Waals surface area contributed by atoms with Gasteiger partial charge in [-0.25, -0.2) is 0 Å².